The summed E-state index contributed by atoms with van der Waals surface area (Å²) in [6, 6.07) is 9.25. The topological polar surface area (TPSA) is 89.9 Å². The van der Waals surface area contributed by atoms with E-state index in [0.29, 0.717) is 17.3 Å². The Morgan fingerprint density at radius 2 is 2.11 bits per heavy atom. The summed E-state index contributed by atoms with van der Waals surface area (Å²) >= 11 is 0. The molecular weight excluding hydrogens is 354 g/mol. The van der Waals surface area contributed by atoms with E-state index in [4.69, 9.17) is 4.52 Å². The van der Waals surface area contributed by atoms with Gasteiger partial charge in [-0.3, -0.25) is 0 Å². The summed E-state index contributed by atoms with van der Waals surface area (Å²) in [7, 11) is 0. The smallest absolute Gasteiger partial charge is 0.168 e. The van der Waals surface area contributed by atoms with Gasteiger partial charge in [0.15, 0.2) is 11.4 Å². The Bertz CT molecular complexity index is 1210. The number of nitrogens with zero attached hydrogens (tertiary/aromatic N) is 5. The van der Waals surface area contributed by atoms with Crippen molar-refractivity contribution in [1.29, 1.82) is 0 Å². The molecule has 1 atom stereocenters. The van der Waals surface area contributed by atoms with Crippen LogP contribution in [0.4, 0.5) is 0 Å². The highest BCUT2D eigenvalue weighted by molar-refractivity contribution is 5.81. The van der Waals surface area contributed by atoms with Crippen LogP contribution in [0.3, 0.4) is 0 Å². The molecular formula is C21H19N5O2. The fraction of sp³-hybridized carbons (Fsp3) is 0.238. The highest BCUT2D eigenvalue weighted by Crippen LogP contribution is 2.21. The molecule has 7 heteroatoms. The highest BCUT2D eigenvalue weighted by atomic mass is 16.5. The maximum atomic E-state index is 10.6. The molecule has 0 aliphatic carbocycles. The van der Waals surface area contributed by atoms with Gasteiger partial charge in [0.2, 0.25) is 0 Å². The number of rotatable bonds is 3. The number of benzene rings is 1. The van der Waals surface area contributed by atoms with E-state index >= 15 is 0 Å². The van der Waals surface area contributed by atoms with Gasteiger partial charge < -0.3 is 9.63 Å². The number of hydrogen-bond acceptors (Lipinski definition) is 6. The van der Waals surface area contributed by atoms with Crippen LogP contribution in [0.1, 0.15) is 36.7 Å². The second-order valence-corrected chi connectivity index (χ2v) is 6.66. The lowest BCUT2D eigenvalue weighted by molar-refractivity contribution is 0.112. The summed E-state index contributed by atoms with van der Waals surface area (Å²) in [5, 5.41) is 19.9. The Morgan fingerprint density at radius 3 is 2.86 bits per heavy atom. The van der Waals surface area contributed by atoms with Crippen LogP contribution in [-0.2, 0) is 12.0 Å². The molecule has 0 amide bonds. The third kappa shape index (κ3) is 3.38. The Labute approximate surface area is 162 Å². The van der Waals surface area contributed by atoms with Crippen molar-refractivity contribution in [2.75, 3.05) is 0 Å². The Hall–Kier alpha value is -3.50. The van der Waals surface area contributed by atoms with E-state index in [1.165, 1.54) is 0 Å². The third-order valence-electron chi connectivity index (χ3n) is 4.37. The number of aliphatic hydroxyl groups is 1. The minimum absolute atomic E-state index is 0.386. The molecule has 7 nitrogen and oxygen atoms in total. The zero-order chi connectivity index (χ0) is 19.7. The first-order valence-corrected chi connectivity index (χ1v) is 8.96. The van der Waals surface area contributed by atoms with E-state index in [2.05, 4.69) is 32.1 Å². The van der Waals surface area contributed by atoms with Crippen LogP contribution >= 0.6 is 0 Å². The van der Waals surface area contributed by atoms with Gasteiger partial charge in [-0.25, -0.2) is 14.6 Å². The molecule has 0 bridgehead atoms. The minimum atomic E-state index is -1.41. The number of fused-ring (bicyclic) bond motifs is 1. The molecule has 0 aliphatic rings. The van der Waals surface area contributed by atoms with Crippen LogP contribution in [0.5, 0.6) is 0 Å². The molecule has 0 saturated carbocycles. The zero-order valence-electron chi connectivity index (χ0n) is 15.8. The SMILES string of the molecule is CCc1nccc(-n2ncc3ccc(C#C[C@@](C)(O)c4cc(C)on4)cc32)n1. The van der Waals surface area contributed by atoms with Crippen LogP contribution < -0.4 is 0 Å². The molecule has 140 valence electrons. The van der Waals surface area contributed by atoms with Crippen molar-refractivity contribution >= 4 is 10.9 Å². The van der Waals surface area contributed by atoms with E-state index in [9.17, 15) is 5.11 Å². The van der Waals surface area contributed by atoms with Crippen LogP contribution in [0, 0.1) is 18.8 Å². The van der Waals surface area contributed by atoms with Gasteiger partial charge in [-0.05, 0) is 32.0 Å². The lowest BCUT2D eigenvalue weighted by Gasteiger charge is -2.11. The Kier molecular flexibility index (Phi) is 4.41. The van der Waals surface area contributed by atoms with Crippen molar-refractivity contribution in [3.8, 4) is 17.7 Å². The molecule has 0 saturated heterocycles. The van der Waals surface area contributed by atoms with E-state index in [0.717, 1.165) is 28.7 Å². The molecule has 0 aliphatic heterocycles. The molecule has 0 fully saturated rings. The Morgan fingerprint density at radius 1 is 1.25 bits per heavy atom. The number of hydrogen-bond donors (Lipinski definition) is 1. The zero-order valence-corrected chi connectivity index (χ0v) is 15.8. The second kappa shape index (κ2) is 6.91. The standard InChI is InChI=1S/C21H19N5O2/c1-4-19-22-10-8-20(24-19)26-17-12-15(5-6-16(17)13-23-26)7-9-21(3,27)18-11-14(2)28-25-18/h5-6,8,10-13,27H,4H2,1-3H3/t21-/m1/s1. The van der Waals surface area contributed by atoms with Crippen LogP contribution in [0.15, 0.2) is 47.2 Å². The molecule has 0 spiro atoms. The van der Waals surface area contributed by atoms with Gasteiger partial charge in [0.1, 0.15) is 17.3 Å². The average molecular weight is 373 g/mol. The van der Waals surface area contributed by atoms with Crippen molar-refractivity contribution in [3.05, 3.63) is 65.6 Å². The van der Waals surface area contributed by atoms with E-state index in [1.54, 1.807) is 37.0 Å². The van der Waals surface area contributed by atoms with Gasteiger partial charge in [-0.1, -0.05) is 23.9 Å². The molecule has 4 rings (SSSR count). The van der Waals surface area contributed by atoms with Crippen molar-refractivity contribution < 1.29 is 9.63 Å². The number of aryl methyl sites for hydroxylation is 2. The average Bonchev–Trinajstić information content (AvgIpc) is 3.33. The monoisotopic (exact) mass is 373 g/mol. The fourth-order valence-corrected chi connectivity index (χ4v) is 2.81. The molecule has 4 aromatic rings. The Balaban J connectivity index is 1.72. The first-order valence-electron chi connectivity index (χ1n) is 8.96. The molecule has 1 N–H and O–H groups in total. The fourth-order valence-electron chi connectivity index (χ4n) is 2.81. The number of aromatic nitrogens is 5. The quantitative estimate of drug-likeness (QED) is 0.555. The minimum Gasteiger partial charge on any atom is -0.372 e. The maximum Gasteiger partial charge on any atom is 0.168 e. The van der Waals surface area contributed by atoms with Crippen LogP contribution in [0.25, 0.3) is 16.7 Å². The van der Waals surface area contributed by atoms with Crippen LogP contribution in [-0.4, -0.2) is 30.0 Å². The van der Waals surface area contributed by atoms with Gasteiger partial charge >= 0.3 is 0 Å². The molecule has 28 heavy (non-hydrogen) atoms. The summed E-state index contributed by atoms with van der Waals surface area (Å²) in [4.78, 5) is 8.77. The molecule has 3 heterocycles. The largest absolute Gasteiger partial charge is 0.372 e. The first-order chi connectivity index (χ1) is 13.5. The van der Waals surface area contributed by atoms with E-state index in [1.807, 2.05) is 31.2 Å². The first kappa shape index (κ1) is 17.9. The molecule has 1 aromatic carbocycles. The summed E-state index contributed by atoms with van der Waals surface area (Å²) in [6.45, 7) is 5.37. The van der Waals surface area contributed by atoms with Crippen molar-refractivity contribution in [2.45, 2.75) is 32.8 Å². The van der Waals surface area contributed by atoms with Crippen molar-refractivity contribution in [3.63, 3.8) is 0 Å². The van der Waals surface area contributed by atoms with Gasteiger partial charge in [-0.2, -0.15) is 5.10 Å². The third-order valence-corrected chi connectivity index (χ3v) is 4.37. The maximum absolute atomic E-state index is 10.6. The van der Waals surface area contributed by atoms with Crippen molar-refractivity contribution in [2.24, 2.45) is 0 Å². The van der Waals surface area contributed by atoms with Gasteiger partial charge in [0, 0.05) is 35.7 Å². The highest BCUT2D eigenvalue weighted by Gasteiger charge is 2.24. The lowest BCUT2D eigenvalue weighted by Crippen LogP contribution is -2.18. The van der Waals surface area contributed by atoms with E-state index in [-0.39, 0.29) is 0 Å². The predicted octanol–water partition coefficient (Wildman–Crippen LogP) is 2.93. The molecule has 0 unspecified atom stereocenters. The van der Waals surface area contributed by atoms with Crippen molar-refractivity contribution in [1.82, 2.24) is 24.9 Å². The molecule has 3 aromatic heterocycles. The summed E-state index contributed by atoms with van der Waals surface area (Å²) in [6.07, 6.45) is 4.27. The second-order valence-electron chi connectivity index (χ2n) is 6.66. The summed E-state index contributed by atoms with van der Waals surface area (Å²) in [5.41, 5.74) is 0.607. The normalized spacial score (nSPS) is 13.1. The molecule has 0 radical (unpaired) electrons. The van der Waals surface area contributed by atoms with Crippen LogP contribution in [0.2, 0.25) is 0 Å². The lowest BCUT2D eigenvalue weighted by atomic mass is 10.0. The van der Waals surface area contributed by atoms with Gasteiger partial charge in [-0.15, -0.1) is 0 Å². The van der Waals surface area contributed by atoms with Gasteiger partial charge in [0.05, 0.1) is 11.7 Å². The summed E-state index contributed by atoms with van der Waals surface area (Å²) < 4.78 is 6.80. The van der Waals surface area contributed by atoms with Gasteiger partial charge in [0.25, 0.3) is 0 Å². The summed E-state index contributed by atoms with van der Waals surface area (Å²) in [5.74, 6) is 7.98. The predicted molar refractivity (Wildman–Crippen MR) is 104 cm³/mol. The van der Waals surface area contributed by atoms with E-state index < -0.39 is 5.60 Å².